The van der Waals surface area contributed by atoms with Gasteiger partial charge in [0.25, 0.3) is 0 Å². The second-order valence-electron chi connectivity index (χ2n) is 3.42. The molecule has 0 aliphatic rings. The van der Waals surface area contributed by atoms with Crippen molar-refractivity contribution in [2.45, 2.75) is 9.79 Å². The molecule has 0 atom stereocenters. The maximum atomic E-state index is 14.0. The zero-order chi connectivity index (χ0) is 13.1. The third kappa shape index (κ3) is 2.50. The average Bonchev–Trinajstić information content (AvgIpc) is 2.38. The zero-order valence-electron chi connectivity index (χ0n) is 9.02. The Morgan fingerprint density at radius 3 is 2.56 bits per heavy atom. The number of nitriles is 1. The summed E-state index contributed by atoms with van der Waals surface area (Å²) in [5.74, 6) is -0.398. The third-order valence-electron chi connectivity index (χ3n) is 2.25. The minimum Gasteiger partial charge on any atom is -0.507 e. The molecule has 0 amide bonds. The molecule has 2 aromatic rings. The van der Waals surface area contributed by atoms with E-state index in [0.717, 1.165) is 11.8 Å². The molecule has 90 valence electrons. The van der Waals surface area contributed by atoms with Crippen molar-refractivity contribution in [3.05, 3.63) is 52.3 Å². The summed E-state index contributed by atoms with van der Waals surface area (Å²) in [4.78, 5) is 0.912. The van der Waals surface area contributed by atoms with Crippen molar-refractivity contribution < 1.29 is 9.50 Å². The van der Waals surface area contributed by atoms with E-state index >= 15 is 0 Å². The average molecular weight is 324 g/mol. The van der Waals surface area contributed by atoms with E-state index in [0.29, 0.717) is 9.79 Å². The normalized spacial score (nSPS) is 10.1. The van der Waals surface area contributed by atoms with Gasteiger partial charge in [-0.1, -0.05) is 23.9 Å². The van der Waals surface area contributed by atoms with Gasteiger partial charge in [-0.2, -0.15) is 5.26 Å². The first-order valence-corrected chi connectivity index (χ1v) is 6.58. The number of aromatic hydroxyl groups is 1. The molecule has 0 spiro atoms. The van der Waals surface area contributed by atoms with Crippen LogP contribution in [0.3, 0.4) is 0 Å². The Bertz CT molecular complexity index is 639. The van der Waals surface area contributed by atoms with E-state index in [9.17, 15) is 9.50 Å². The second-order valence-corrected chi connectivity index (χ2v) is 5.30. The molecule has 2 rings (SSSR count). The summed E-state index contributed by atoms with van der Waals surface area (Å²) in [5, 5.41) is 18.4. The van der Waals surface area contributed by atoms with Crippen LogP contribution in [0.25, 0.3) is 0 Å². The monoisotopic (exact) mass is 323 g/mol. The number of phenols is 1. The van der Waals surface area contributed by atoms with E-state index in [2.05, 4.69) is 15.9 Å². The van der Waals surface area contributed by atoms with Gasteiger partial charge in [0.2, 0.25) is 0 Å². The summed E-state index contributed by atoms with van der Waals surface area (Å²) in [5.41, 5.74) is 0.245. The Morgan fingerprint density at radius 1 is 1.17 bits per heavy atom. The Hall–Kier alpha value is -1.51. The fourth-order valence-corrected chi connectivity index (χ4v) is 2.81. The predicted octanol–water partition coefficient (Wildman–Crippen LogP) is 4.32. The lowest BCUT2D eigenvalue weighted by atomic mass is 10.2. The lowest BCUT2D eigenvalue weighted by molar-refractivity contribution is 0.462. The number of nitrogens with zero attached hydrogens (tertiary/aromatic N) is 1. The van der Waals surface area contributed by atoms with Gasteiger partial charge in [-0.15, -0.1) is 0 Å². The first kappa shape index (κ1) is 12.9. The van der Waals surface area contributed by atoms with Crippen LogP contribution >= 0.6 is 27.7 Å². The van der Waals surface area contributed by atoms with Crippen molar-refractivity contribution in [3.8, 4) is 11.8 Å². The highest BCUT2D eigenvalue weighted by molar-refractivity contribution is 9.10. The van der Waals surface area contributed by atoms with Crippen molar-refractivity contribution in [1.29, 1.82) is 5.26 Å². The Balaban J connectivity index is 2.40. The quantitative estimate of drug-likeness (QED) is 0.895. The van der Waals surface area contributed by atoms with Gasteiger partial charge in [0, 0.05) is 4.90 Å². The minimum atomic E-state index is -0.498. The van der Waals surface area contributed by atoms with Gasteiger partial charge in [-0.25, -0.2) is 4.39 Å². The molecule has 0 heterocycles. The van der Waals surface area contributed by atoms with E-state index in [1.165, 1.54) is 12.1 Å². The molecule has 0 saturated carbocycles. The summed E-state index contributed by atoms with van der Waals surface area (Å²) in [7, 11) is 0. The van der Waals surface area contributed by atoms with E-state index in [-0.39, 0.29) is 15.8 Å². The number of para-hydroxylation sites is 1. The van der Waals surface area contributed by atoms with Crippen LogP contribution in [0.2, 0.25) is 0 Å². The molecule has 0 saturated heterocycles. The van der Waals surface area contributed by atoms with Crippen LogP contribution in [0.4, 0.5) is 4.39 Å². The van der Waals surface area contributed by atoms with Crippen LogP contribution in [0.5, 0.6) is 5.75 Å². The molecule has 0 aliphatic heterocycles. The van der Waals surface area contributed by atoms with Crippen molar-refractivity contribution in [3.63, 3.8) is 0 Å². The lowest BCUT2D eigenvalue weighted by Crippen LogP contribution is -1.87. The van der Waals surface area contributed by atoms with Crippen LogP contribution < -0.4 is 0 Å². The molecule has 0 aromatic heterocycles. The van der Waals surface area contributed by atoms with Gasteiger partial charge in [0.1, 0.15) is 11.8 Å². The standard InChI is InChI=1S/C13H7BrFNOS/c14-12-8(7-16)5-6-11(13(12)15)18-10-4-2-1-3-9(10)17/h1-6,17H. The molecular weight excluding hydrogens is 317 g/mol. The molecule has 1 N–H and O–H groups in total. The molecule has 2 nitrogen and oxygen atoms in total. The number of phenolic OH excluding ortho intramolecular Hbond substituents is 1. The van der Waals surface area contributed by atoms with Crippen molar-refractivity contribution >= 4 is 27.7 Å². The molecular formula is C13H7BrFNOS. The lowest BCUT2D eigenvalue weighted by Gasteiger charge is -2.07. The van der Waals surface area contributed by atoms with Gasteiger partial charge in [-0.3, -0.25) is 0 Å². The molecule has 0 fully saturated rings. The molecule has 0 radical (unpaired) electrons. The van der Waals surface area contributed by atoms with E-state index in [1.807, 2.05) is 6.07 Å². The smallest absolute Gasteiger partial charge is 0.152 e. The summed E-state index contributed by atoms with van der Waals surface area (Å²) in [6, 6.07) is 11.7. The van der Waals surface area contributed by atoms with Crippen molar-refractivity contribution in [1.82, 2.24) is 0 Å². The highest BCUT2D eigenvalue weighted by atomic mass is 79.9. The Morgan fingerprint density at radius 2 is 1.89 bits per heavy atom. The molecule has 2 aromatic carbocycles. The number of benzene rings is 2. The van der Waals surface area contributed by atoms with Gasteiger partial charge in [0.05, 0.1) is 14.9 Å². The van der Waals surface area contributed by atoms with Gasteiger partial charge in [0.15, 0.2) is 5.82 Å². The first-order chi connectivity index (χ1) is 8.63. The second kappa shape index (κ2) is 5.42. The van der Waals surface area contributed by atoms with Crippen molar-refractivity contribution in [2.24, 2.45) is 0 Å². The van der Waals surface area contributed by atoms with Gasteiger partial charge >= 0.3 is 0 Å². The van der Waals surface area contributed by atoms with E-state index < -0.39 is 5.82 Å². The molecule has 5 heteroatoms. The topological polar surface area (TPSA) is 44.0 Å². The van der Waals surface area contributed by atoms with Crippen LogP contribution in [0.15, 0.2) is 50.7 Å². The maximum absolute atomic E-state index is 14.0. The summed E-state index contributed by atoms with van der Waals surface area (Å²) >= 11 is 4.16. The van der Waals surface area contributed by atoms with E-state index in [4.69, 9.17) is 5.26 Å². The fourth-order valence-electron chi connectivity index (χ4n) is 1.36. The minimum absolute atomic E-state index is 0.0994. The van der Waals surface area contributed by atoms with Crippen LogP contribution in [0.1, 0.15) is 5.56 Å². The van der Waals surface area contributed by atoms with E-state index in [1.54, 1.807) is 24.3 Å². The van der Waals surface area contributed by atoms with Crippen LogP contribution in [-0.2, 0) is 0 Å². The van der Waals surface area contributed by atoms with Crippen molar-refractivity contribution in [2.75, 3.05) is 0 Å². The highest BCUT2D eigenvalue weighted by Crippen LogP contribution is 2.37. The molecule has 0 aliphatic carbocycles. The largest absolute Gasteiger partial charge is 0.507 e. The fraction of sp³-hybridized carbons (Fsp3) is 0. The Kier molecular flexibility index (Phi) is 3.90. The zero-order valence-corrected chi connectivity index (χ0v) is 11.4. The third-order valence-corrected chi connectivity index (χ3v) is 4.13. The number of rotatable bonds is 2. The van der Waals surface area contributed by atoms with Crippen LogP contribution in [0, 0.1) is 17.1 Å². The predicted molar refractivity (Wildman–Crippen MR) is 71.0 cm³/mol. The number of hydrogen-bond acceptors (Lipinski definition) is 3. The van der Waals surface area contributed by atoms with Gasteiger partial charge in [-0.05, 0) is 40.2 Å². The summed E-state index contributed by atoms with van der Waals surface area (Å²) in [6.45, 7) is 0. The summed E-state index contributed by atoms with van der Waals surface area (Å²) in [6.07, 6.45) is 0. The number of halogens is 2. The number of hydrogen-bond donors (Lipinski definition) is 1. The summed E-state index contributed by atoms with van der Waals surface area (Å²) < 4.78 is 14.1. The Labute approximate surface area is 116 Å². The molecule has 18 heavy (non-hydrogen) atoms. The highest BCUT2D eigenvalue weighted by Gasteiger charge is 2.13. The van der Waals surface area contributed by atoms with Crippen LogP contribution in [-0.4, -0.2) is 5.11 Å². The van der Waals surface area contributed by atoms with Gasteiger partial charge < -0.3 is 5.11 Å². The first-order valence-electron chi connectivity index (χ1n) is 4.97. The SMILES string of the molecule is N#Cc1ccc(Sc2ccccc2O)c(F)c1Br. The maximum Gasteiger partial charge on any atom is 0.152 e. The molecule has 0 unspecified atom stereocenters. The molecule has 0 bridgehead atoms.